The molecule has 0 aliphatic carbocycles. The Hall–Kier alpha value is -1.39. The summed E-state index contributed by atoms with van der Waals surface area (Å²) in [5.74, 6) is 5.55. The molecule has 98 valence electrons. The van der Waals surface area contributed by atoms with Crippen LogP contribution in [-0.2, 0) is 11.3 Å². The minimum atomic E-state index is -0.0449. The number of hydrazine groups is 1. The molecule has 1 heterocycles. The van der Waals surface area contributed by atoms with Crippen molar-refractivity contribution in [2.75, 3.05) is 13.1 Å². The van der Waals surface area contributed by atoms with Gasteiger partial charge in [-0.25, -0.2) is 5.84 Å². The van der Waals surface area contributed by atoms with E-state index >= 15 is 0 Å². The lowest BCUT2D eigenvalue weighted by atomic mass is 9.93. The summed E-state index contributed by atoms with van der Waals surface area (Å²) in [6.45, 7) is 3.14. The highest BCUT2D eigenvalue weighted by atomic mass is 16.2. The smallest absolute Gasteiger partial charge is 0.234 e. The Balaban J connectivity index is 1.75. The summed E-state index contributed by atoms with van der Waals surface area (Å²) in [6.07, 6.45) is 2.73. The third-order valence-electron chi connectivity index (χ3n) is 3.59. The number of benzene rings is 1. The summed E-state index contributed by atoms with van der Waals surface area (Å²) in [5.41, 5.74) is 3.57. The van der Waals surface area contributed by atoms with Crippen molar-refractivity contribution in [2.24, 2.45) is 11.8 Å². The predicted molar refractivity (Wildman–Crippen MR) is 71.4 cm³/mol. The van der Waals surface area contributed by atoms with E-state index in [0.717, 1.165) is 32.5 Å². The highest BCUT2D eigenvalue weighted by Crippen LogP contribution is 2.21. The zero-order valence-corrected chi connectivity index (χ0v) is 10.6. The zero-order chi connectivity index (χ0) is 12.8. The van der Waals surface area contributed by atoms with Crippen molar-refractivity contribution in [3.05, 3.63) is 35.9 Å². The average Bonchev–Trinajstić information content (AvgIpc) is 2.42. The molecule has 1 aliphatic rings. The normalized spacial score (nSPS) is 17.6. The highest BCUT2D eigenvalue weighted by molar-refractivity contribution is 5.75. The monoisotopic (exact) mass is 247 g/mol. The number of hydrogen-bond donors (Lipinski definition) is 2. The van der Waals surface area contributed by atoms with Crippen molar-refractivity contribution in [3.8, 4) is 0 Å². The molecule has 1 aromatic carbocycles. The number of piperidine rings is 1. The first kappa shape index (κ1) is 13.1. The molecule has 1 amide bonds. The molecule has 0 bridgehead atoms. The van der Waals surface area contributed by atoms with Crippen LogP contribution < -0.4 is 11.3 Å². The Morgan fingerprint density at radius 2 is 1.94 bits per heavy atom. The molecule has 0 aromatic heterocycles. The number of carbonyl (C=O) groups excluding carboxylic acids is 1. The summed E-state index contributed by atoms with van der Waals surface area (Å²) in [7, 11) is 0. The molecule has 0 unspecified atom stereocenters. The number of likely N-dealkylation sites (tertiary alicyclic amines) is 1. The van der Waals surface area contributed by atoms with E-state index in [9.17, 15) is 4.79 Å². The van der Waals surface area contributed by atoms with Crippen molar-refractivity contribution in [1.82, 2.24) is 10.3 Å². The average molecular weight is 247 g/mol. The molecule has 0 saturated carbocycles. The van der Waals surface area contributed by atoms with Gasteiger partial charge in [-0.1, -0.05) is 30.3 Å². The highest BCUT2D eigenvalue weighted by Gasteiger charge is 2.21. The number of rotatable bonds is 4. The van der Waals surface area contributed by atoms with Crippen LogP contribution in [0, 0.1) is 5.92 Å². The number of hydrogen-bond acceptors (Lipinski definition) is 3. The number of carbonyl (C=O) groups is 1. The fourth-order valence-electron chi connectivity index (χ4n) is 2.51. The van der Waals surface area contributed by atoms with Crippen molar-refractivity contribution in [2.45, 2.75) is 25.8 Å². The van der Waals surface area contributed by atoms with Crippen LogP contribution in [0.2, 0.25) is 0 Å². The lowest BCUT2D eigenvalue weighted by Crippen LogP contribution is -2.37. The van der Waals surface area contributed by atoms with Gasteiger partial charge in [0.25, 0.3) is 0 Å². The molecule has 1 aliphatic heterocycles. The molecule has 4 nitrogen and oxygen atoms in total. The summed E-state index contributed by atoms with van der Waals surface area (Å²) in [5, 5.41) is 0. The van der Waals surface area contributed by atoms with E-state index in [0.29, 0.717) is 12.3 Å². The minimum Gasteiger partial charge on any atom is -0.299 e. The molecule has 2 rings (SSSR count). The Morgan fingerprint density at radius 1 is 1.28 bits per heavy atom. The van der Waals surface area contributed by atoms with E-state index < -0.39 is 0 Å². The first-order valence-electron chi connectivity index (χ1n) is 6.53. The van der Waals surface area contributed by atoms with Crippen molar-refractivity contribution in [1.29, 1.82) is 0 Å². The fourth-order valence-corrected chi connectivity index (χ4v) is 2.51. The SMILES string of the molecule is NNC(=O)CC1CCN(Cc2ccccc2)CC1. The van der Waals surface area contributed by atoms with Crippen molar-refractivity contribution >= 4 is 5.91 Å². The van der Waals surface area contributed by atoms with Crippen LogP contribution in [0.1, 0.15) is 24.8 Å². The number of nitrogens with zero attached hydrogens (tertiary/aromatic N) is 1. The molecule has 1 saturated heterocycles. The van der Waals surface area contributed by atoms with Crippen LogP contribution in [0.15, 0.2) is 30.3 Å². The predicted octanol–water partition coefficient (Wildman–Crippen LogP) is 1.28. The van der Waals surface area contributed by atoms with Crippen LogP contribution in [0.25, 0.3) is 0 Å². The Morgan fingerprint density at radius 3 is 2.56 bits per heavy atom. The molecule has 0 spiro atoms. The molecule has 1 fully saturated rings. The van der Waals surface area contributed by atoms with Gasteiger partial charge >= 0.3 is 0 Å². The lowest BCUT2D eigenvalue weighted by molar-refractivity contribution is -0.122. The van der Waals surface area contributed by atoms with Gasteiger partial charge in [0.1, 0.15) is 0 Å². The Labute approximate surface area is 108 Å². The fraction of sp³-hybridized carbons (Fsp3) is 0.500. The quantitative estimate of drug-likeness (QED) is 0.479. The topological polar surface area (TPSA) is 58.4 Å². The zero-order valence-electron chi connectivity index (χ0n) is 10.6. The summed E-state index contributed by atoms with van der Waals surface area (Å²) >= 11 is 0. The number of amides is 1. The second-order valence-corrected chi connectivity index (χ2v) is 4.98. The van der Waals surface area contributed by atoms with E-state index in [4.69, 9.17) is 5.84 Å². The first-order chi connectivity index (χ1) is 8.78. The Bertz CT molecular complexity index is 372. The molecular formula is C14H21N3O. The first-order valence-corrected chi connectivity index (χ1v) is 6.53. The summed E-state index contributed by atoms with van der Waals surface area (Å²) in [6, 6.07) is 10.5. The van der Waals surface area contributed by atoms with Gasteiger partial charge in [0.05, 0.1) is 0 Å². The molecule has 3 N–H and O–H groups in total. The molecule has 0 atom stereocenters. The van der Waals surface area contributed by atoms with Crippen LogP contribution in [-0.4, -0.2) is 23.9 Å². The van der Waals surface area contributed by atoms with Crippen LogP contribution >= 0.6 is 0 Å². The van der Waals surface area contributed by atoms with Gasteiger partial charge < -0.3 is 0 Å². The summed E-state index contributed by atoms with van der Waals surface area (Å²) < 4.78 is 0. The van der Waals surface area contributed by atoms with Gasteiger partial charge in [-0.05, 0) is 37.4 Å². The lowest BCUT2D eigenvalue weighted by Gasteiger charge is -2.31. The number of nitrogens with two attached hydrogens (primary N) is 1. The minimum absolute atomic E-state index is 0.0449. The van der Waals surface area contributed by atoms with E-state index in [1.807, 2.05) is 6.07 Å². The standard InChI is InChI=1S/C14H21N3O/c15-16-14(18)10-12-6-8-17(9-7-12)11-13-4-2-1-3-5-13/h1-5,12H,6-11,15H2,(H,16,18). The maximum absolute atomic E-state index is 11.2. The van der Waals surface area contributed by atoms with Gasteiger partial charge in [-0.3, -0.25) is 15.1 Å². The van der Waals surface area contributed by atoms with Crippen LogP contribution in [0.4, 0.5) is 0 Å². The van der Waals surface area contributed by atoms with E-state index in [-0.39, 0.29) is 5.91 Å². The molecular weight excluding hydrogens is 226 g/mol. The van der Waals surface area contributed by atoms with Gasteiger partial charge in [-0.15, -0.1) is 0 Å². The second-order valence-electron chi connectivity index (χ2n) is 4.98. The molecule has 0 radical (unpaired) electrons. The maximum atomic E-state index is 11.2. The van der Waals surface area contributed by atoms with Crippen LogP contribution in [0.3, 0.4) is 0 Å². The maximum Gasteiger partial charge on any atom is 0.234 e. The summed E-state index contributed by atoms with van der Waals surface area (Å²) in [4.78, 5) is 13.7. The molecule has 1 aromatic rings. The largest absolute Gasteiger partial charge is 0.299 e. The van der Waals surface area contributed by atoms with Gasteiger partial charge in [0.2, 0.25) is 5.91 Å². The number of nitrogens with one attached hydrogen (secondary N) is 1. The van der Waals surface area contributed by atoms with E-state index in [2.05, 4.69) is 34.6 Å². The Kier molecular flexibility index (Phi) is 4.73. The van der Waals surface area contributed by atoms with Crippen LogP contribution in [0.5, 0.6) is 0 Å². The van der Waals surface area contributed by atoms with Gasteiger partial charge in [0, 0.05) is 13.0 Å². The van der Waals surface area contributed by atoms with Gasteiger partial charge in [-0.2, -0.15) is 0 Å². The second kappa shape index (κ2) is 6.52. The third kappa shape index (κ3) is 3.82. The van der Waals surface area contributed by atoms with Crippen molar-refractivity contribution < 1.29 is 4.79 Å². The molecule has 4 heteroatoms. The van der Waals surface area contributed by atoms with Gasteiger partial charge in [0.15, 0.2) is 0 Å². The van der Waals surface area contributed by atoms with E-state index in [1.54, 1.807) is 0 Å². The molecule has 18 heavy (non-hydrogen) atoms. The van der Waals surface area contributed by atoms with E-state index in [1.165, 1.54) is 5.56 Å². The third-order valence-corrected chi connectivity index (χ3v) is 3.59. The van der Waals surface area contributed by atoms with Crippen molar-refractivity contribution in [3.63, 3.8) is 0 Å².